The van der Waals surface area contributed by atoms with Crippen molar-refractivity contribution in [2.24, 2.45) is 5.41 Å². The predicted molar refractivity (Wildman–Crippen MR) is 139 cm³/mol. The largest absolute Gasteiger partial charge is 0.369 e. The molecule has 0 radical (unpaired) electrons. The SMILES string of the molecule is CC1(C)CCC(c2ccc(Cl)cc2)=C(CN2CCN(c3ccc4c(Cl)ncnc4c3)CC2)C1. The number of nitrogens with zero attached hydrogens (tertiary/aromatic N) is 4. The molecule has 6 heteroatoms. The Morgan fingerprint density at radius 3 is 2.45 bits per heavy atom. The number of hydrogen-bond donors (Lipinski definition) is 0. The Balaban J connectivity index is 1.30. The number of fused-ring (bicyclic) bond motifs is 1. The molecule has 0 bridgehead atoms. The fourth-order valence-electron chi connectivity index (χ4n) is 5.21. The molecule has 2 aliphatic rings. The van der Waals surface area contributed by atoms with Crippen molar-refractivity contribution in [3.8, 4) is 0 Å². The van der Waals surface area contributed by atoms with Gasteiger partial charge in [0, 0.05) is 48.8 Å². The van der Waals surface area contributed by atoms with Gasteiger partial charge in [-0.2, -0.15) is 0 Å². The molecule has 1 saturated heterocycles. The maximum atomic E-state index is 6.21. The van der Waals surface area contributed by atoms with E-state index in [2.05, 4.69) is 57.9 Å². The minimum atomic E-state index is 0.362. The van der Waals surface area contributed by atoms with E-state index in [9.17, 15) is 0 Å². The van der Waals surface area contributed by atoms with Gasteiger partial charge in [0.1, 0.15) is 11.5 Å². The van der Waals surface area contributed by atoms with Crippen molar-refractivity contribution in [3.05, 3.63) is 70.1 Å². The van der Waals surface area contributed by atoms with Crippen molar-refractivity contribution in [3.63, 3.8) is 0 Å². The highest BCUT2D eigenvalue weighted by Crippen LogP contribution is 2.42. The average molecular weight is 481 g/mol. The molecule has 2 aromatic carbocycles. The van der Waals surface area contributed by atoms with Gasteiger partial charge in [-0.05, 0) is 66.1 Å². The van der Waals surface area contributed by atoms with Gasteiger partial charge < -0.3 is 4.90 Å². The van der Waals surface area contributed by atoms with Gasteiger partial charge in [0.05, 0.1) is 5.52 Å². The van der Waals surface area contributed by atoms with Crippen molar-refractivity contribution in [1.82, 2.24) is 14.9 Å². The molecule has 1 fully saturated rings. The Hall–Kier alpha value is -2.14. The van der Waals surface area contributed by atoms with Crippen LogP contribution in [-0.4, -0.2) is 47.6 Å². The zero-order valence-electron chi connectivity index (χ0n) is 19.3. The summed E-state index contributed by atoms with van der Waals surface area (Å²) in [4.78, 5) is 13.5. The van der Waals surface area contributed by atoms with Crippen LogP contribution in [-0.2, 0) is 0 Å². The fourth-order valence-corrected chi connectivity index (χ4v) is 5.54. The summed E-state index contributed by atoms with van der Waals surface area (Å²) in [6.07, 6.45) is 5.07. The molecule has 33 heavy (non-hydrogen) atoms. The summed E-state index contributed by atoms with van der Waals surface area (Å²) in [6.45, 7) is 9.99. The van der Waals surface area contributed by atoms with E-state index in [1.54, 1.807) is 5.57 Å². The van der Waals surface area contributed by atoms with Gasteiger partial charge in [0.15, 0.2) is 0 Å². The van der Waals surface area contributed by atoms with Gasteiger partial charge in [-0.1, -0.05) is 54.8 Å². The highest BCUT2D eigenvalue weighted by Gasteiger charge is 2.29. The van der Waals surface area contributed by atoms with Crippen LogP contribution in [0.1, 0.15) is 38.7 Å². The number of piperazine rings is 1. The Bertz CT molecular complexity index is 1180. The van der Waals surface area contributed by atoms with E-state index in [0.717, 1.165) is 61.5 Å². The first kappa shape index (κ1) is 22.6. The Morgan fingerprint density at radius 2 is 1.70 bits per heavy atom. The van der Waals surface area contributed by atoms with Crippen LogP contribution in [0.4, 0.5) is 5.69 Å². The number of rotatable bonds is 4. The molecule has 2 heterocycles. The molecule has 4 nitrogen and oxygen atoms in total. The lowest BCUT2D eigenvalue weighted by molar-refractivity contribution is 0.256. The second kappa shape index (κ2) is 9.25. The third kappa shape index (κ3) is 5.03. The van der Waals surface area contributed by atoms with Crippen molar-refractivity contribution in [2.45, 2.75) is 33.1 Å². The first-order valence-corrected chi connectivity index (χ1v) is 12.5. The molecule has 0 unspecified atom stereocenters. The van der Waals surface area contributed by atoms with E-state index >= 15 is 0 Å². The average Bonchev–Trinajstić information content (AvgIpc) is 2.80. The summed E-state index contributed by atoms with van der Waals surface area (Å²) in [5.74, 6) is 0. The van der Waals surface area contributed by atoms with Gasteiger partial charge in [-0.15, -0.1) is 0 Å². The number of benzene rings is 2. The van der Waals surface area contributed by atoms with E-state index in [0.29, 0.717) is 10.6 Å². The summed E-state index contributed by atoms with van der Waals surface area (Å²) in [5, 5.41) is 2.22. The summed E-state index contributed by atoms with van der Waals surface area (Å²) < 4.78 is 0. The standard InChI is InChI=1S/C27H30Cl2N4/c1-27(2)10-9-23(19-3-5-21(28)6-4-19)20(16-27)17-32-11-13-33(14-12-32)22-7-8-24-25(15-22)30-18-31-26(24)29/h3-8,15,18H,9-14,16-17H2,1-2H3. The van der Waals surface area contributed by atoms with Gasteiger partial charge >= 0.3 is 0 Å². The molecule has 3 aromatic rings. The molecule has 0 amide bonds. The highest BCUT2D eigenvalue weighted by molar-refractivity contribution is 6.34. The molecule has 0 N–H and O–H groups in total. The normalized spacial score (nSPS) is 19.3. The van der Waals surface area contributed by atoms with E-state index in [1.165, 1.54) is 29.6 Å². The number of halogens is 2. The minimum absolute atomic E-state index is 0.362. The van der Waals surface area contributed by atoms with Crippen LogP contribution in [0.2, 0.25) is 10.2 Å². The summed E-state index contributed by atoms with van der Waals surface area (Å²) >= 11 is 12.4. The van der Waals surface area contributed by atoms with E-state index in [4.69, 9.17) is 23.2 Å². The van der Waals surface area contributed by atoms with Crippen LogP contribution >= 0.6 is 23.2 Å². The molecule has 1 aliphatic carbocycles. The van der Waals surface area contributed by atoms with Gasteiger partial charge in [0.2, 0.25) is 0 Å². The zero-order valence-corrected chi connectivity index (χ0v) is 20.8. The molecule has 1 aliphatic heterocycles. The first-order valence-electron chi connectivity index (χ1n) is 11.7. The maximum absolute atomic E-state index is 6.21. The molecule has 0 saturated carbocycles. The monoisotopic (exact) mass is 480 g/mol. The summed E-state index contributed by atoms with van der Waals surface area (Å²) in [5.41, 5.74) is 6.93. The lowest BCUT2D eigenvalue weighted by atomic mass is 9.73. The summed E-state index contributed by atoms with van der Waals surface area (Å²) in [6, 6.07) is 14.7. The van der Waals surface area contributed by atoms with Crippen LogP contribution in [0, 0.1) is 5.41 Å². The molecule has 0 spiro atoms. The van der Waals surface area contributed by atoms with Gasteiger partial charge in [0.25, 0.3) is 0 Å². The van der Waals surface area contributed by atoms with Crippen LogP contribution in [0.15, 0.2) is 54.4 Å². The number of anilines is 1. The zero-order chi connectivity index (χ0) is 23.0. The molecule has 172 valence electrons. The molecule has 1 aromatic heterocycles. The molecular weight excluding hydrogens is 451 g/mol. The second-order valence-corrected chi connectivity index (χ2v) is 10.9. The summed E-state index contributed by atoms with van der Waals surface area (Å²) in [7, 11) is 0. The van der Waals surface area contributed by atoms with Crippen LogP contribution < -0.4 is 4.90 Å². The Morgan fingerprint density at radius 1 is 0.939 bits per heavy atom. The second-order valence-electron chi connectivity index (χ2n) is 10.1. The number of hydrogen-bond acceptors (Lipinski definition) is 4. The fraction of sp³-hybridized carbons (Fsp3) is 0.407. The van der Waals surface area contributed by atoms with Crippen molar-refractivity contribution in [2.75, 3.05) is 37.6 Å². The highest BCUT2D eigenvalue weighted by atomic mass is 35.5. The van der Waals surface area contributed by atoms with Crippen molar-refractivity contribution in [1.29, 1.82) is 0 Å². The first-order chi connectivity index (χ1) is 15.9. The smallest absolute Gasteiger partial charge is 0.140 e. The van der Waals surface area contributed by atoms with Crippen LogP contribution in [0.25, 0.3) is 16.5 Å². The van der Waals surface area contributed by atoms with Gasteiger partial charge in [-0.25, -0.2) is 9.97 Å². The van der Waals surface area contributed by atoms with E-state index < -0.39 is 0 Å². The van der Waals surface area contributed by atoms with E-state index in [1.807, 2.05) is 18.2 Å². The van der Waals surface area contributed by atoms with Crippen LogP contribution in [0.3, 0.4) is 0 Å². The topological polar surface area (TPSA) is 32.3 Å². The third-order valence-electron chi connectivity index (χ3n) is 7.09. The number of aromatic nitrogens is 2. The van der Waals surface area contributed by atoms with Crippen molar-refractivity contribution >= 4 is 45.4 Å². The Labute approximate surface area is 206 Å². The molecular formula is C27H30Cl2N4. The lowest BCUT2D eigenvalue weighted by Crippen LogP contribution is -2.47. The molecule has 5 rings (SSSR count). The number of allylic oxidation sites excluding steroid dienone is 1. The Kier molecular flexibility index (Phi) is 6.34. The molecule has 0 atom stereocenters. The maximum Gasteiger partial charge on any atom is 0.140 e. The third-order valence-corrected chi connectivity index (χ3v) is 7.64. The predicted octanol–water partition coefficient (Wildman–Crippen LogP) is 6.72. The van der Waals surface area contributed by atoms with Crippen molar-refractivity contribution < 1.29 is 0 Å². The lowest BCUT2D eigenvalue weighted by Gasteiger charge is -2.39. The van der Waals surface area contributed by atoms with Crippen LogP contribution in [0.5, 0.6) is 0 Å². The quantitative estimate of drug-likeness (QED) is 0.387. The van der Waals surface area contributed by atoms with E-state index in [-0.39, 0.29) is 0 Å². The minimum Gasteiger partial charge on any atom is -0.369 e. The van der Waals surface area contributed by atoms with Gasteiger partial charge in [-0.3, -0.25) is 4.90 Å².